The zero-order chi connectivity index (χ0) is 10.8. The average Bonchev–Trinajstić information content (AvgIpc) is 3.15. The summed E-state index contributed by atoms with van der Waals surface area (Å²) in [6.45, 7) is 0. The van der Waals surface area contributed by atoms with E-state index < -0.39 is 0 Å². The summed E-state index contributed by atoms with van der Waals surface area (Å²) >= 11 is 0. The second-order valence-electron chi connectivity index (χ2n) is 5.09. The molecule has 0 saturated heterocycles. The quantitative estimate of drug-likeness (QED) is 0.845. The van der Waals surface area contributed by atoms with Crippen molar-refractivity contribution in [2.24, 2.45) is 0 Å². The topological polar surface area (TPSA) is 37.8 Å². The molecule has 0 bridgehead atoms. The van der Waals surface area contributed by atoms with Gasteiger partial charge in [0.1, 0.15) is 0 Å². The summed E-state index contributed by atoms with van der Waals surface area (Å²) in [5.41, 5.74) is 1.33. The zero-order valence-electron chi connectivity index (χ0n) is 9.65. The lowest BCUT2D eigenvalue weighted by Gasteiger charge is -2.21. The maximum atomic E-state index is 4.41. The van der Waals surface area contributed by atoms with Crippen LogP contribution in [0.25, 0.3) is 0 Å². The van der Waals surface area contributed by atoms with Crippen molar-refractivity contribution >= 4 is 5.95 Å². The molecule has 0 spiro atoms. The Morgan fingerprint density at radius 1 is 0.938 bits per heavy atom. The molecule has 3 rings (SSSR count). The van der Waals surface area contributed by atoms with Crippen LogP contribution in [0.2, 0.25) is 0 Å². The molecular weight excluding hydrogens is 198 g/mol. The summed E-state index contributed by atoms with van der Waals surface area (Å²) in [5, 5.41) is 3.32. The van der Waals surface area contributed by atoms with Gasteiger partial charge in [-0.1, -0.05) is 19.3 Å². The summed E-state index contributed by atoms with van der Waals surface area (Å²) in [6, 6.07) is 0.639. The van der Waals surface area contributed by atoms with Crippen LogP contribution in [-0.4, -0.2) is 16.0 Å². The van der Waals surface area contributed by atoms with Gasteiger partial charge in [-0.15, -0.1) is 0 Å². The van der Waals surface area contributed by atoms with E-state index in [0.717, 1.165) is 5.95 Å². The van der Waals surface area contributed by atoms with Crippen molar-refractivity contribution in [1.82, 2.24) is 9.97 Å². The minimum atomic E-state index is 0.639. The van der Waals surface area contributed by atoms with E-state index in [1.807, 2.05) is 12.4 Å². The first kappa shape index (κ1) is 10.1. The average molecular weight is 217 g/mol. The highest BCUT2D eigenvalue weighted by molar-refractivity contribution is 5.29. The largest absolute Gasteiger partial charge is 0.351 e. The number of rotatable bonds is 3. The molecule has 0 amide bonds. The first-order chi connectivity index (χ1) is 7.92. The van der Waals surface area contributed by atoms with Gasteiger partial charge in [0, 0.05) is 18.4 Å². The third-order valence-corrected chi connectivity index (χ3v) is 3.66. The molecule has 0 radical (unpaired) electrons. The van der Waals surface area contributed by atoms with E-state index in [0.29, 0.717) is 12.0 Å². The van der Waals surface area contributed by atoms with Crippen LogP contribution in [0.5, 0.6) is 0 Å². The normalized spacial score (nSPS) is 22.0. The van der Waals surface area contributed by atoms with E-state index in [2.05, 4.69) is 15.3 Å². The fourth-order valence-corrected chi connectivity index (χ4v) is 2.47. The Morgan fingerprint density at radius 2 is 1.62 bits per heavy atom. The van der Waals surface area contributed by atoms with Crippen LogP contribution >= 0.6 is 0 Å². The number of nitrogens with zero attached hydrogens (tertiary/aromatic N) is 2. The number of anilines is 1. The Bertz CT molecular complexity index is 337. The minimum absolute atomic E-state index is 0.639. The Morgan fingerprint density at radius 3 is 2.25 bits per heavy atom. The van der Waals surface area contributed by atoms with E-state index in [1.54, 1.807) is 0 Å². The predicted molar refractivity (Wildman–Crippen MR) is 64.5 cm³/mol. The van der Waals surface area contributed by atoms with Gasteiger partial charge in [-0.3, -0.25) is 0 Å². The van der Waals surface area contributed by atoms with Crippen LogP contribution in [0.15, 0.2) is 12.4 Å². The van der Waals surface area contributed by atoms with Crippen molar-refractivity contribution in [2.45, 2.75) is 56.9 Å². The van der Waals surface area contributed by atoms with E-state index in [4.69, 9.17) is 0 Å². The Balaban J connectivity index is 1.65. The lowest BCUT2D eigenvalue weighted by atomic mass is 9.85. The molecule has 16 heavy (non-hydrogen) atoms. The first-order valence-electron chi connectivity index (χ1n) is 6.50. The van der Waals surface area contributed by atoms with Crippen molar-refractivity contribution in [1.29, 1.82) is 0 Å². The Kier molecular flexibility index (Phi) is 2.77. The smallest absolute Gasteiger partial charge is 0.222 e. The molecule has 2 saturated carbocycles. The van der Waals surface area contributed by atoms with Gasteiger partial charge in [0.15, 0.2) is 0 Å². The minimum Gasteiger partial charge on any atom is -0.351 e. The number of hydrogen-bond acceptors (Lipinski definition) is 3. The SMILES string of the molecule is c1nc(NC2CC2)ncc1C1CCCCC1. The first-order valence-corrected chi connectivity index (χ1v) is 6.50. The molecule has 2 aliphatic carbocycles. The molecule has 2 aliphatic rings. The number of nitrogens with one attached hydrogen (secondary N) is 1. The standard InChI is InChI=1S/C13H19N3/c1-2-4-10(5-3-1)11-8-14-13(15-9-11)16-12-6-7-12/h8-10,12H,1-7H2,(H,14,15,16). The van der Waals surface area contributed by atoms with Crippen LogP contribution in [0, 0.1) is 0 Å². The van der Waals surface area contributed by atoms with E-state index in [-0.39, 0.29) is 0 Å². The lowest BCUT2D eigenvalue weighted by molar-refractivity contribution is 0.442. The van der Waals surface area contributed by atoms with Crippen LogP contribution < -0.4 is 5.32 Å². The van der Waals surface area contributed by atoms with E-state index >= 15 is 0 Å². The van der Waals surface area contributed by atoms with Gasteiger partial charge in [-0.25, -0.2) is 9.97 Å². The van der Waals surface area contributed by atoms with Gasteiger partial charge in [-0.2, -0.15) is 0 Å². The van der Waals surface area contributed by atoms with E-state index in [1.165, 1.54) is 50.5 Å². The highest BCUT2D eigenvalue weighted by atomic mass is 15.1. The van der Waals surface area contributed by atoms with Crippen LogP contribution in [0.1, 0.15) is 56.4 Å². The fraction of sp³-hybridized carbons (Fsp3) is 0.692. The Labute approximate surface area is 96.7 Å². The third kappa shape index (κ3) is 2.34. The van der Waals surface area contributed by atoms with Crippen molar-refractivity contribution < 1.29 is 0 Å². The summed E-state index contributed by atoms with van der Waals surface area (Å²) < 4.78 is 0. The predicted octanol–water partition coefficient (Wildman–Crippen LogP) is 3.10. The van der Waals surface area contributed by atoms with Gasteiger partial charge in [0.25, 0.3) is 0 Å². The van der Waals surface area contributed by atoms with E-state index in [9.17, 15) is 0 Å². The van der Waals surface area contributed by atoms with Gasteiger partial charge < -0.3 is 5.32 Å². The Hall–Kier alpha value is -1.12. The van der Waals surface area contributed by atoms with Gasteiger partial charge >= 0.3 is 0 Å². The molecule has 0 aromatic carbocycles. The molecule has 3 nitrogen and oxygen atoms in total. The van der Waals surface area contributed by atoms with Gasteiger partial charge in [0.05, 0.1) is 0 Å². The molecular formula is C13H19N3. The molecule has 0 atom stereocenters. The molecule has 86 valence electrons. The molecule has 1 heterocycles. The molecule has 1 aromatic rings. The maximum Gasteiger partial charge on any atom is 0.222 e. The number of hydrogen-bond donors (Lipinski definition) is 1. The summed E-state index contributed by atoms with van der Waals surface area (Å²) in [5.74, 6) is 1.52. The van der Waals surface area contributed by atoms with Crippen molar-refractivity contribution in [3.63, 3.8) is 0 Å². The van der Waals surface area contributed by atoms with Crippen molar-refractivity contribution in [3.05, 3.63) is 18.0 Å². The molecule has 1 aromatic heterocycles. The maximum absolute atomic E-state index is 4.41. The number of aromatic nitrogens is 2. The summed E-state index contributed by atoms with van der Waals surface area (Å²) in [6.07, 6.45) is 13.4. The molecule has 0 aliphatic heterocycles. The van der Waals surface area contributed by atoms with Crippen molar-refractivity contribution in [3.8, 4) is 0 Å². The van der Waals surface area contributed by atoms with Gasteiger partial charge in [0.2, 0.25) is 5.95 Å². The highest BCUT2D eigenvalue weighted by Crippen LogP contribution is 2.32. The third-order valence-electron chi connectivity index (χ3n) is 3.66. The van der Waals surface area contributed by atoms with Crippen LogP contribution in [0.4, 0.5) is 5.95 Å². The molecule has 3 heteroatoms. The lowest BCUT2D eigenvalue weighted by Crippen LogP contribution is -2.08. The fourth-order valence-electron chi connectivity index (χ4n) is 2.47. The summed E-state index contributed by atoms with van der Waals surface area (Å²) in [7, 11) is 0. The molecule has 0 unspecified atom stereocenters. The molecule has 1 N–H and O–H groups in total. The monoisotopic (exact) mass is 217 g/mol. The van der Waals surface area contributed by atoms with Crippen LogP contribution in [0.3, 0.4) is 0 Å². The zero-order valence-corrected chi connectivity index (χ0v) is 9.65. The van der Waals surface area contributed by atoms with Gasteiger partial charge in [-0.05, 0) is 37.2 Å². The van der Waals surface area contributed by atoms with Crippen molar-refractivity contribution in [2.75, 3.05) is 5.32 Å². The summed E-state index contributed by atoms with van der Waals surface area (Å²) in [4.78, 5) is 8.82. The second-order valence-corrected chi connectivity index (χ2v) is 5.09. The highest BCUT2D eigenvalue weighted by Gasteiger charge is 2.22. The molecule has 2 fully saturated rings. The second kappa shape index (κ2) is 4.40. The van der Waals surface area contributed by atoms with Crippen LogP contribution in [-0.2, 0) is 0 Å².